The molecule has 2 aliphatic heterocycles. The standard InChI is InChI=1S/C13H17NO4.C12H15NO4/c1-8-9(2)18-12(17-8)10-6-4-5-7-11(10)14(3)13(15)16;1-13(2,12(14)15)10-6-4-3-5-9(10)11-16-7-8-17-11/h4-9,12H,1-3H3,(H,15,16);3-6,11H,7-8H2,1-2H3/p-1. The fourth-order valence-electron chi connectivity index (χ4n) is 3.71. The topological polar surface area (TPSA) is 120 Å². The van der Waals surface area contributed by atoms with Gasteiger partial charge in [-0.1, -0.05) is 30.3 Å². The van der Waals surface area contributed by atoms with Crippen LogP contribution in [0, 0.1) is 0 Å². The van der Waals surface area contributed by atoms with Crippen molar-refractivity contribution >= 4 is 23.6 Å². The normalized spacial score (nSPS) is 22.4. The molecule has 0 saturated carbocycles. The maximum absolute atomic E-state index is 11.2. The molecule has 2 amide bonds. The molecule has 4 rings (SSSR count). The first-order valence-corrected chi connectivity index (χ1v) is 11.3. The minimum Gasteiger partial charge on any atom is -0.530 e. The molecule has 0 spiro atoms. The van der Waals surface area contributed by atoms with Gasteiger partial charge >= 0.3 is 0 Å². The molecule has 35 heavy (non-hydrogen) atoms. The molecule has 2 aromatic carbocycles. The fraction of sp³-hybridized carbons (Fsp3) is 0.440. The number of quaternary nitrogens is 1. The van der Waals surface area contributed by atoms with E-state index in [4.69, 9.17) is 18.9 Å². The second kappa shape index (κ2) is 11.1. The van der Waals surface area contributed by atoms with Gasteiger partial charge in [-0.3, -0.25) is 0 Å². The van der Waals surface area contributed by atoms with E-state index in [0.717, 1.165) is 10.5 Å². The highest BCUT2D eigenvalue weighted by molar-refractivity contribution is 5.85. The van der Waals surface area contributed by atoms with Crippen molar-refractivity contribution in [1.29, 1.82) is 0 Å². The van der Waals surface area contributed by atoms with Crippen LogP contribution in [0.25, 0.3) is 0 Å². The Kier molecular flexibility index (Phi) is 8.47. The summed E-state index contributed by atoms with van der Waals surface area (Å²) in [6, 6.07) is 14.3. The van der Waals surface area contributed by atoms with Crippen LogP contribution >= 0.6 is 0 Å². The Morgan fingerprint density at radius 3 is 1.91 bits per heavy atom. The predicted octanol–water partition coefficient (Wildman–Crippen LogP) is 1.93. The van der Waals surface area contributed by atoms with Gasteiger partial charge in [0.1, 0.15) is 11.8 Å². The van der Waals surface area contributed by atoms with Crippen molar-refractivity contribution in [3.05, 3.63) is 59.7 Å². The van der Waals surface area contributed by atoms with E-state index in [1.54, 1.807) is 44.4 Å². The highest BCUT2D eigenvalue weighted by Gasteiger charge is 2.33. The van der Waals surface area contributed by atoms with Gasteiger partial charge in [-0.05, 0) is 26.0 Å². The SMILES string of the molecule is CC1OC(c2ccccc2N(C)C(=O)[O-])OC1C.C[N+](C)(C(=O)[O-])c1ccccc1C1OCCO1. The third-order valence-electron chi connectivity index (χ3n) is 6.03. The lowest BCUT2D eigenvalue weighted by atomic mass is 10.1. The largest absolute Gasteiger partial charge is 0.530 e. The van der Waals surface area contributed by atoms with Gasteiger partial charge in [0.05, 0.1) is 50.8 Å². The molecule has 10 nitrogen and oxygen atoms in total. The third-order valence-corrected chi connectivity index (χ3v) is 6.03. The van der Waals surface area contributed by atoms with Crippen molar-refractivity contribution in [2.75, 3.05) is 39.3 Å². The second-order valence-corrected chi connectivity index (χ2v) is 8.75. The highest BCUT2D eigenvalue weighted by atomic mass is 16.7. The van der Waals surface area contributed by atoms with Gasteiger partial charge in [-0.2, -0.15) is 0 Å². The predicted molar refractivity (Wildman–Crippen MR) is 124 cm³/mol. The van der Waals surface area contributed by atoms with Gasteiger partial charge in [0.2, 0.25) is 0 Å². The lowest BCUT2D eigenvalue weighted by Crippen LogP contribution is -2.54. The molecule has 2 atom stereocenters. The van der Waals surface area contributed by atoms with Crippen LogP contribution in [0.1, 0.15) is 37.6 Å². The zero-order valence-electron chi connectivity index (χ0n) is 20.5. The number of anilines is 1. The summed E-state index contributed by atoms with van der Waals surface area (Å²) in [5.41, 5.74) is 2.56. The number of carboxylic acid groups (broad SMARTS) is 2. The summed E-state index contributed by atoms with van der Waals surface area (Å²) in [5, 5.41) is 22.1. The number of hydrogen-bond acceptors (Lipinski definition) is 8. The summed E-state index contributed by atoms with van der Waals surface area (Å²) in [6.45, 7) is 4.90. The summed E-state index contributed by atoms with van der Waals surface area (Å²) in [6.07, 6.45) is -3.49. The number of amides is 2. The number of carbonyl (C=O) groups excluding carboxylic acids is 2. The monoisotopic (exact) mass is 487 g/mol. The Morgan fingerprint density at radius 1 is 0.857 bits per heavy atom. The lowest BCUT2D eigenvalue weighted by molar-refractivity contribution is -0.261. The molecule has 190 valence electrons. The quantitative estimate of drug-likeness (QED) is 0.600. The molecule has 2 fully saturated rings. The Labute approximate surface area is 204 Å². The summed E-state index contributed by atoms with van der Waals surface area (Å²) in [7, 11) is 4.56. The van der Waals surface area contributed by atoms with Gasteiger partial charge in [0, 0.05) is 18.7 Å². The van der Waals surface area contributed by atoms with E-state index < -0.39 is 24.8 Å². The third kappa shape index (κ3) is 5.98. The molecule has 0 radical (unpaired) electrons. The van der Waals surface area contributed by atoms with Gasteiger partial charge in [0.25, 0.3) is 6.09 Å². The Morgan fingerprint density at radius 2 is 1.37 bits per heavy atom. The van der Waals surface area contributed by atoms with Crippen LogP contribution in [-0.4, -0.2) is 58.8 Å². The minimum absolute atomic E-state index is 0.0173. The molecule has 2 aromatic rings. The summed E-state index contributed by atoms with van der Waals surface area (Å²) >= 11 is 0. The first-order chi connectivity index (χ1) is 16.5. The van der Waals surface area contributed by atoms with Crippen molar-refractivity contribution in [2.24, 2.45) is 0 Å². The number of hydrogen-bond donors (Lipinski definition) is 0. The summed E-state index contributed by atoms with van der Waals surface area (Å²) in [5.74, 6) is 0. The number of nitrogens with zero attached hydrogens (tertiary/aromatic N) is 2. The number of ether oxygens (including phenoxy) is 4. The number of para-hydroxylation sites is 2. The smallest absolute Gasteiger partial charge is 0.262 e. The van der Waals surface area contributed by atoms with Crippen molar-refractivity contribution in [2.45, 2.75) is 38.6 Å². The van der Waals surface area contributed by atoms with Crippen LogP contribution in [0.15, 0.2) is 48.5 Å². The van der Waals surface area contributed by atoms with Crippen LogP contribution < -0.4 is 19.6 Å². The van der Waals surface area contributed by atoms with E-state index in [1.807, 2.05) is 32.0 Å². The first-order valence-electron chi connectivity index (χ1n) is 11.3. The second-order valence-electron chi connectivity index (χ2n) is 8.75. The van der Waals surface area contributed by atoms with Gasteiger partial charge in [0.15, 0.2) is 12.6 Å². The molecule has 0 aliphatic carbocycles. The van der Waals surface area contributed by atoms with Gasteiger partial charge in [-0.15, -0.1) is 0 Å². The highest BCUT2D eigenvalue weighted by Crippen LogP contribution is 2.36. The Bertz CT molecular complexity index is 1030. The fourth-order valence-corrected chi connectivity index (χ4v) is 3.71. The van der Waals surface area contributed by atoms with Gasteiger partial charge < -0.3 is 43.6 Å². The number of carbonyl (C=O) groups is 2. The Balaban J connectivity index is 0.000000196. The summed E-state index contributed by atoms with van der Waals surface area (Å²) in [4.78, 5) is 23.1. The maximum Gasteiger partial charge on any atom is 0.262 e. The van der Waals surface area contributed by atoms with E-state index >= 15 is 0 Å². The zero-order chi connectivity index (χ0) is 25.8. The van der Waals surface area contributed by atoms with Crippen molar-refractivity contribution in [3.63, 3.8) is 0 Å². The molecule has 0 aromatic heterocycles. The van der Waals surface area contributed by atoms with Gasteiger partial charge in [-0.25, -0.2) is 4.48 Å². The molecule has 10 heteroatoms. The molecule has 0 N–H and O–H groups in total. The van der Waals surface area contributed by atoms with E-state index in [0.29, 0.717) is 30.2 Å². The van der Waals surface area contributed by atoms with Crippen molar-refractivity contribution in [1.82, 2.24) is 4.48 Å². The van der Waals surface area contributed by atoms with Crippen LogP contribution in [0.4, 0.5) is 21.0 Å². The molecule has 0 bridgehead atoms. The molecule has 2 aliphatic rings. The van der Waals surface area contributed by atoms with Crippen LogP contribution in [0.5, 0.6) is 0 Å². The lowest BCUT2D eigenvalue weighted by Gasteiger charge is -2.30. The van der Waals surface area contributed by atoms with Crippen molar-refractivity contribution in [3.8, 4) is 0 Å². The first kappa shape index (κ1) is 26.6. The molecule has 2 heterocycles. The Hall–Kier alpha value is -3.02. The zero-order valence-corrected chi connectivity index (χ0v) is 20.5. The van der Waals surface area contributed by atoms with E-state index in [2.05, 4.69) is 0 Å². The van der Waals surface area contributed by atoms with Crippen molar-refractivity contribution < 1.29 is 38.7 Å². The molecular formula is C25H31N2O8-. The van der Waals surface area contributed by atoms with Crippen LogP contribution in [0.3, 0.4) is 0 Å². The average molecular weight is 488 g/mol. The summed E-state index contributed by atoms with van der Waals surface area (Å²) < 4.78 is 21.8. The van der Waals surface area contributed by atoms with Crippen LogP contribution in [0.2, 0.25) is 0 Å². The molecule has 2 unspecified atom stereocenters. The number of rotatable bonds is 4. The maximum atomic E-state index is 11.2. The molecular weight excluding hydrogens is 456 g/mol. The molecule has 2 saturated heterocycles. The van der Waals surface area contributed by atoms with E-state index in [1.165, 1.54) is 7.05 Å². The minimum atomic E-state index is -1.26. The van der Waals surface area contributed by atoms with Crippen LogP contribution in [-0.2, 0) is 18.9 Å². The average Bonchev–Trinajstić information content (AvgIpc) is 3.49. The van der Waals surface area contributed by atoms with E-state index in [-0.39, 0.29) is 16.7 Å². The number of benzene rings is 2. The van der Waals surface area contributed by atoms with E-state index in [9.17, 15) is 19.8 Å².